The highest BCUT2D eigenvalue weighted by atomic mass is 16.5. The van der Waals surface area contributed by atoms with Crippen molar-refractivity contribution in [2.45, 2.75) is 38.8 Å². The number of nitrogens with zero attached hydrogens (tertiary/aromatic N) is 1. The highest BCUT2D eigenvalue weighted by molar-refractivity contribution is 5.89. The number of benzene rings is 3. The first kappa shape index (κ1) is 22.2. The first-order valence-electron chi connectivity index (χ1n) is 10.4. The molecule has 5 nitrogen and oxygen atoms in total. The molecule has 0 aromatic heterocycles. The number of hydrogen-bond donors (Lipinski definition) is 0. The maximum atomic E-state index is 11.6. The first-order chi connectivity index (χ1) is 15.1. The Bertz CT molecular complexity index is 1000. The molecule has 0 N–H and O–H groups in total. The molecule has 3 aromatic carbocycles. The van der Waals surface area contributed by atoms with Crippen molar-refractivity contribution in [1.82, 2.24) is 0 Å². The number of aryl methyl sites for hydroxylation is 2. The second kappa shape index (κ2) is 11.1. The van der Waals surface area contributed by atoms with Crippen molar-refractivity contribution in [2.24, 2.45) is 5.18 Å². The molecule has 0 spiro atoms. The molecule has 0 aliphatic carbocycles. The molecule has 0 saturated carbocycles. The summed E-state index contributed by atoms with van der Waals surface area (Å²) < 4.78 is 10.8. The highest BCUT2D eigenvalue weighted by Crippen LogP contribution is 2.27. The molecular formula is C26H27NO4. The van der Waals surface area contributed by atoms with Crippen molar-refractivity contribution >= 4 is 5.97 Å². The van der Waals surface area contributed by atoms with Crippen LogP contribution >= 0.6 is 0 Å². The summed E-state index contributed by atoms with van der Waals surface area (Å²) in [6, 6.07) is 23.0. The van der Waals surface area contributed by atoms with E-state index in [1.807, 2.05) is 60.7 Å². The van der Waals surface area contributed by atoms with E-state index >= 15 is 0 Å². The third-order valence-electron chi connectivity index (χ3n) is 5.25. The lowest BCUT2D eigenvalue weighted by atomic mass is 9.99. The highest BCUT2D eigenvalue weighted by Gasteiger charge is 2.11. The van der Waals surface area contributed by atoms with Crippen LogP contribution in [0.15, 0.2) is 78.0 Å². The average molecular weight is 418 g/mol. The van der Waals surface area contributed by atoms with Crippen molar-refractivity contribution in [1.29, 1.82) is 0 Å². The fourth-order valence-electron chi connectivity index (χ4n) is 3.40. The average Bonchev–Trinajstić information content (AvgIpc) is 2.83. The third-order valence-corrected chi connectivity index (χ3v) is 5.25. The quantitative estimate of drug-likeness (QED) is 0.297. The van der Waals surface area contributed by atoms with E-state index in [0.717, 1.165) is 47.3 Å². The topological polar surface area (TPSA) is 65.0 Å². The fraction of sp³-hybridized carbons (Fsp3) is 0.269. The number of ether oxygens (including phenoxy) is 2. The van der Waals surface area contributed by atoms with Crippen LogP contribution in [0.5, 0.6) is 5.75 Å². The lowest BCUT2D eigenvalue weighted by molar-refractivity contribution is 0.0600. The van der Waals surface area contributed by atoms with Gasteiger partial charge in [-0.3, -0.25) is 0 Å². The summed E-state index contributed by atoms with van der Waals surface area (Å²) in [5.74, 6) is 0.494. The van der Waals surface area contributed by atoms with Crippen LogP contribution in [0, 0.1) is 4.91 Å². The van der Waals surface area contributed by atoms with Gasteiger partial charge in [-0.05, 0) is 72.7 Å². The molecule has 3 rings (SSSR count). The number of carbonyl (C=O) groups is 1. The van der Waals surface area contributed by atoms with Gasteiger partial charge in [0.1, 0.15) is 18.4 Å². The van der Waals surface area contributed by atoms with Gasteiger partial charge in [-0.15, -0.1) is 0 Å². The zero-order valence-corrected chi connectivity index (χ0v) is 17.9. The van der Waals surface area contributed by atoms with Crippen LogP contribution in [0.4, 0.5) is 0 Å². The molecule has 3 aromatic rings. The second-order valence-corrected chi connectivity index (χ2v) is 7.46. The summed E-state index contributed by atoms with van der Waals surface area (Å²) in [6.45, 7) is 2.28. The van der Waals surface area contributed by atoms with Crippen molar-refractivity contribution < 1.29 is 14.3 Å². The van der Waals surface area contributed by atoms with E-state index in [4.69, 9.17) is 9.47 Å². The minimum Gasteiger partial charge on any atom is -0.489 e. The maximum Gasteiger partial charge on any atom is 0.337 e. The zero-order chi connectivity index (χ0) is 22.1. The van der Waals surface area contributed by atoms with Gasteiger partial charge in [0, 0.05) is 0 Å². The Labute approximate surface area is 183 Å². The molecule has 5 heteroatoms. The van der Waals surface area contributed by atoms with Crippen LogP contribution < -0.4 is 4.74 Å². The zero-order valence-electron chi connectivity index (χ0n) is 17.9. The monoisotopic (exact) mass is 417 g/mol. The number of nitroso groups, excluding NO2 is 1. The molecule has 0 aliphatic heterocycles. The normalized spacial score (nSPS) is 11.5. The lowest BCUT2D eigenvalue weighted by Crippen LogP contribution is -2.02. The van der Waals surface area contributed by atoms with E-state index in [1.54, 1.807) is 19.1 Å². The molecule has 0 amide bonds. The summed E-state index contributed by atoms with van der Waals surface area (Å²) in [4.78, 5) is 22.6. The molecule has 0 aliphatic rings. The van der Waals surface area contributed by atoms with Gasteiger partial charge in [0.05, 0.1) is 12.7 Å². The van der Waals surface area contributed by atoms with Crippen LogP contribution in [-0.2, 0) is 24.2 Å². The Hall–Kier alpha value is -3.47. The molecule has 160 valence electrons. The Morgan fingerprint density at radius 2 is 1.68 bits per heavy atom. The van der Waals surface area contributed by atoms with E-state index in [9.17, 15) is 9.70 Å². The number of esters is 1. The van der Waals surface area contributed by atoms with E-state index in [0.29, 0.717) is 12.2 Å². The van der Waals surface area contributed by atoms with Gasteiger partial charge in [-0.2, -0.15) is 4.91 Å². The number of methoxy groups -OCH3 is 1. The maximum absolute atomic E-state index is 11.6. The predicted octanol–water partition coefficient (Wildman–Crippen LogP) is 6.05. The largest absolute Gasteiger partial charge is 0.489 e. The van der Waals surface area contributed by atoms with E-state index in [1.165, 1.54) is 7.11 Å². The van der Waals surface area contributed by atoms with Gasteiger partial charge in [-0.25, -0.2) is 4.79 Å². The summed E-state index contributed by atoms with van der Waals surface area (Å²) >= 11 is 0. The second-order valence-electron chi connectivity index (χ2n) is 7.46. The Balaban J connectivity index is 1.68. The van der Waals surface area contributed by atoms with Crippen molar-refractivity contribution in [3.63, 3.8) is 0 Å². The van der Waals surface area contributed by atoms with E-state index in [2.05, 4.69) is 5.18 Å². The number of rotatable bonds is 10. The predicted molar refractivity (Wildman–Crippen MR) is 121 cm³/mol. The smallest absolute Gasteiger partial charge is 0.337 e. The van der Waals surface area contributed by atoms with E-state index < -0.39 is 6.04 Å². The molecule has 0 heterocycles. The summed E-state index contributed by atoms with van der Waals surface area (Å²) in [5.41, 5.74) is 4.75. The minimum absolute atomic E-state index is 0.332. The molecule has 1 atom stereocenters. The number of carbonyl (C=O) groups excluding carboxylic acids is 1. The van der Waals surface area contributed by atoms with Crippen LogP contribution in [-0.4, -0.2) is 13.1 Å². The third kappa shape index (κ3) is 6.25. The molecule has 0 fully saturated rings. The Morgan fingerprint density at radius 1 is 0.935 bits per heavy atom. The van der Waals surface area contributed by atoms with Gasteiger partial charge in [0.15, 0.2) is 0 Å². The standard InChI is InChI=1S/C26H27NO4/c1-19(27-29)23-15-16-25(31-18-21-7-4-3-5-8-21)24(17-23)10-6-9-20-11-13-22(14-12-20)26(28)30-2/h3-5,7-8,11-17,19H,6,9-10,18H2,1-2H3. The minimum atomic E-state index is -0.396. The van der Waals surface area contributed by atoms with Gasteiger partial charge in [-0.1, -0.05) is 53.7 Å². The fourth-order valence-corrected chi connectivity index (χ4v) is 3.40. The van der Waals surface area contributed by atoms with Gasteiger partial charge in [0.25, 0.3) is 0 Å². The molecule has 1 unspecified atom stereocenters. The number of hydrogen-bond acceptors (Lipinski definition) is 5. The van der Waals surface area contributed by atoms with Crippen molar-refractivity contribution in [3.05, 3.63) is 106 Å². The van der Waals surface area contributed by atoms with Crippen LogP contribution in [0.25, 0.3) is 0 Å². The summed E-state index contributed by atoms with van der Waals surface area (Å²) in [6.07, 6.45) is 2.58. The SMILES string of the molecule is COC(=O)c1ccc(CCCc2cc(C(C)N=O)ccc2OCc2ccccc2)cc1. The first-order valence-corrected chi connectivity index (χ1v) is 10.4. The van der Waals surface area contributed by atoms with Crippen LogP contribution in [0.1, 0.15) is 52.0 Å². The van der Waals surface area contributed by atoms with Crippen LogP contribution in [0.3, 0.4) is 0 Å². The van der Waals surface area contributed by atoms with Gasteiger partial charge >= 0.3 is 5.97 Å². The Kier molecular flexibility index (Phi) is 7.93. The van der Waals surface area contributed by atoms with Gasteiger partial charge in [0.2, 0.25) is 0 Å². The van der Waals surface area contributed by atoms with E-state index in [-0.39, 0.29) is 5.97 Å². The van der Waals surface area contributed by atoms with Crippen LogP contribution in [0.2, 0.25) is 0 Å². The van der Waals surface area contributed by atoms with Crippen molar-refractivity contribution in [3.8, 4) is 5.75 Å². The Morgan fingerprint density at radius 3 is 2.35 bits per heavy atom. The lowest BCUT2D eigenvalue weighted by Gasteiger charge is -2.14. The molecule has 0 bridgehead atoms. The molecule has 0 radical (unpaired) electrons. The van der Waals surface area contributed by atoms with Gasteiger partial charge < -0.3 is 9.47 Å². The summed E-state index contributed by atoms with van der Waals surface area (Å²) in [7, 11) is 1.38. The molecule has 0 saturated heterocycles. The molecular weight excluding hydrogens is 390 g/mol. The molecule has 31 heavy (non-hydrogen) atoms. The summed E-state index contributed by atoms with van der Waals surface area (Å²) in [5, 5.41) is 3.15. The van der Waals surface area contributed by atoms with Crippen molar-refractivity contribution in [2.75, 3.05) is 7.11 Å².